The lowest BCUT2D eigenvalue weighted by atomic mass is 10.3. The Bertz CT molecular complexity index is 591. The van der Waals surface area contributed by atoms with Crippen LogP contribution < -0.4 is 5.32 Å². The molecule has 0 bridgehead atoms. The van der Waals surface area contributed by atoms with Crippen LogP contribution in [0, 0.1) is 0 Å². The van der Waals surface area contributed by atoms with Gasteiger partial charge in [0, 0.05) is 11.8 Å². The molecule has 21 heavy (non-hydrogen) atoms. The number of fused-ring (bicyclic) bond motifs is 1. The fourth-order valence-electron chi connectivity index (χ4n) is 2.12. The van der Waals surface area contributed by atoms with E-state index in [1.54, 1.807) is 11.8 Å². The lowest BCUT2D eigenvalue weighted by Gasteiger charge is -2.15. The molecule has 0 amide bonds. The van der Waals surface area contributed by atoms with Crippen LogP contribution in [0.5, 0.6) is 0 Å². The number of carbonyl (C=O) groups is 1. The number of thioether (sulfide) groups is 1. The van der Waals surface area contributed by atoms with Gasteiger partial charge >= 0.3 is 5.97 Å². The number of H-pyrrole nitrogens is 1. The normalized spacial score (nSPS) is 16.0. The Kier molecular flexibility index (Phi) is 4.45. The van der Waals surface area contributed by atoms with Crippen LogP contribution in [-0.2, 0) is 9.53 Å². The van der Waals surface area contributed by atoms with Gasteiger partial charge in [0.1, 0.15) is 6.04 Å². The quantitative estimate of drug-likeness (QED) is 0.607. The van der Waals surface area contributed by atoms with Crippen LogP contribution in [0.25, 0.3) is 11.0 Å². The van der Waals surface area contributed by atoms with Crippen molar-refractivity contribution in [2.24, 2.45) is 0 Å². The molecule has 3 rings (SSSR count). The largest absolute Gasteiger partial charge is 0.465 e. The summed E-state index contributed by atoms with van der Waals surface area (Å²) >= 11 is 1.55. The molecule has 1 fully saturated rings. The maximum atomic E-state index is 12.0. The Morgan fingerprint density at radius 1 is 1.52 bits per heavy atom. The van der Waals surface area contributed by atoms with Crippen molar-refractivity contribution in [1.29, 1.82) is 0 Å². The molecule has 6 heteroatoms. The van der Waals surface area contributed by atoms with Gasteiger partial charge in [-0.1, -0.05) is 23.9 Å². The molecule has 1 aromatic heterocycles. The molecule has 1 unspecified atom stereocenters. The third-order valence-corrected chi connectivity index (χ3v) is 4.31. The number of esters is 1. The molecule has 0 saturated heterocycles. The molecule has 0 aliphatic heterocycles. The van der Waals surface area contributed by atoms with Crippen LogP contribution in [0.1, 0.15) is 19.8 Å². The minimum atomic E-state index is -0.268. The molecule has 0 spiro atoms. The highest BCUT2D eigenvalue weighted by molar-refractivity contribution is 7.99. The van der Waals surface area contributed by atoms with E-state index in [0.717, 1.165) is 29.0 Å². The number of rotatable bonds is 7. The van der Waals surface area contributed by atoms with Crippen LogP contribution in [-0.4, -0.2) is 40.4 Å². The summed E-state index contributed by atoms with van der Waals surface area (Å²) in [5.74, 6) is 0.447. The van der Waals surface area contributed by atoms with Crippen LogP contribution in [0.15, 0.2) is 29.4 Å². The summed E-state index contributed by atoms with van der Waals surface area (Å²) in [6, 6.07) is 8.11. The summed E-state index contributed by atoms with van der Waals surface area (Å²) in [4.78, 5) is 19.7. The molecule has 1 atom stereocenters. The Morgan fingerprint density at radius 2 is 2.33 bits per heavy atom. The van der Waals surface area contributed by atoms with Gasteiger partial charge in [0.15, 0.2) is 5.16 Å². The van der Waals surface area contributed by atoms with Gasteiger partial charge in [-0.3, -0.25) is 4.79 Å². The van der Waals surface area contributed by atoms with Crippen LogP contribution in [0.3, 0.4) is 0 Å². The van der Waals surface area contributed by atoms with Crippen LogP contribution >= 0.6 is 11.8 Å². The molecule has 1 aliphatic carbocycles. The number of benzene rings is 1. The van der Waals surface area contributed by atoms with E-state index in [-0.39, 0.29) is 12.0 Å². The number of nitrogens with zero attached hydrogens (tertiary/aromatic N) is 1. The molecule has 2 aromatic rings. The molecule has 1 saturated carbocycles. The molecule has 1 heterocycles. The highest BCUT2D eigenvalue weighted by Gasteiger charge is 2.29. The number of hydrogen-bond acceptors (Lipinski definition) is 5. The summed E-state index contributed by atoms with van der Waals surface area (Å²) in [6.07, 6.45) is 2.29. The topological polar surface area (TPSA) is 67.0 Å². The summed E-state index contributed by atoms with van der Waals surface area (Å²) in [5, 5.41) is 4.18. The highest BCUT2D eigenvalue weighted by Crippen LogP contribution is 2.23. The monoisotopic (exact) mass is 305 g/mol. The Labute approximate surface area is 127 Å². The van der Waals surface area contributed by atoms with Crippen molar-refractivity contribution in [2.45, 2.75) is 37.0 Å². The first-order valence-corrected chi connectivity index (χ1v) is 8.25. The maximum absolute atomic E-state index is 12.0. The number of carbonyl (C=O) groups excluding carboxylic acids is 1. The zero-order chi connectivity index (χ0) is 14.7. The van der Waals surface area contributed by atoms with E-state index in [4.69, 9.17) is 4.74 Å². The molecule has 1 aromatic carbocycles. The van der Waals surface area contributed by atoms with Gasteiger partial charge in [0.05, 0.1) is 17.6 Å². The zero-order valence-electron chi connectivity index (χ0n) is 12.0. The van der Waals surface area contributed by atoms with E-state index >= 15 is 0 Å². The predicted molar refractivity (Wildman–Crippen MR) is 83.4 cm³/mol. The first-order chi connectivity index (χ1) is 10.3. The second kappa shape index (κ2) is 6.49. The third-order valence-electron chi connectivity index (χ3n) is 3.34. The minimum Gasteiger partial charge on any atom is -0.465 e. The van der Waals surface area contributed by atoms with Gasteiger partial charge in [-0.2, -0.15) is 0 Å². The number of aromatic nitrogens is 2. The summed E-state index contributed by atoms with van der Waals surface area (Å²) < 4.78 is 5.13. The second-order valence-corrected chi connectivity index (χ2v) is 6.12. The zero-order valence-corrected chi connectivity index (χ0v) is 12.8. The molecule has 2 N–H and O–H groups in total. The highest BCUT2D eigenvalue weighted by atomic mass is 32.2. The second-order valence-electron chi connectivity index (χ2n) is 5.12. The summed E-state index contributed by atoms with van der Waals surface area (Å²) in [5.41, 5.74) is 1.96. The maximum Gasteiger partial charge on any atom is 0.324 e. The van der Waals surface area contributed by atoms with Crippen molar-refractivity contribution in [3.05, 3.63) is 24.3 Å². The standard InChI is InChI=1S/C15H19N3O2S/c1-2-20-14(19)13(16-10-7-8-10)9-21-15-17-11-5-3-4-6-12(11)18-15/h3-6,10,13,16H,2,7-9H2,1H3,(H,17,18). The molecular formula is C15H19N3O2S. The average molecular weight is 305 g/mol. The number of nitrogens with one attached hydrogen (secondary N) is 2. The van der Waals surface area contributed by atoms with E-state index in [9.17, 15) is 4.79 Å². The van der Waals surface area contributed by atoms with Crippen molar-refractivity contribution in [3.8, 4) is 0 Å². The lowest BCUT2D eigenvalue weighted by Crippen LogP contribution is -2.41. The molecule has 5 nitrogen and oxygen atoms in total. The van der Waals surface area contributed by atoms with Gasteiger partial charge < -0.3 is 15.0 Å². The van der Waals surface area contributed by atoms with Gasteiger partial charge in [-0.05, 0) is 31.9 Å². The SMILES string of the molecule is CCOC(=O)C(CSc1nc2ccccc2[nH]1)NC1CC1. The minimum absolute atomic E-state index is 0.173. The van der Waals surface area contributed by atoms with Crippen molar-refractivity contribution in [1.82, 2.24) is 15.3 Å². The van der Waals surface area contributed by atoms with E-state index in [1.165, 1.54) is 0 Å². The third kappa shape index (κ3) is 3.77. The van der Waals surface area contributed by atoms with Gasteiger partial charge in [-0.15, -0.1) is 0 Å². The van der Waals surface area contributed by atoms with Crippen LogP contribution in [0.4, 0.5) is 0 Å². The number of ether oxygens (including phenoxy) is 1. The Balaban J connectivity index is 1.63. The predicted octanol–water partition coefficient (Wildman–Crippen LogP) is 2.34. The van der Waals surface area contributed by atoms with E-state index < -0.39 is 0 Å². The van der Waals surface area contributed by atoms with E-state index in [0.29, 0.717) is 18.4 Å². The van der Waals surface area contributed by atoms with Crippen molar-refractivity contribution >= 4 is 28.8 Å². The van der Waals surface area contributed by atoms with Gasteiger partial charge in [0.25, 0.3) is 0 Å². The van der Waals surface area contributed by atoms with Crippen molar-refractivity contribution in [3.63, 3.8) is 0 Å². The number of hydrogen-bond donors (Lipinski definition) is 2. The number of aromatic amines is 1. The fraction of sp³-hybridized carbons (Fsp3) is 0.467. The van der Waals surface area contributed by atoms with Crippen molar-refractivity contribution < 1.29 is 9.53 Å². The fourth-order valence-corrected chi connectivity index (χ4v) is 3.02. The van der Waals surface area contributed by atoms with E-state index in [2.05, 4.69) is 15.3 Å². The van der Waals surface area contributed by atoms with E-state index in [1.807, 2.05) is 31.2 Å². The lowest BCUT2D eigenvalue weighted by molar-refractivity contribution is -0.145. The summed E-state index contributed by atoms with van der Waals surface area (Å²) in [7, 11) is 0. The van der Waals surface area contributed by atoms with Crippen molar-refractivity contribution in [2.75, 3.05) is 12.4 Å². The first-order valence-electron chi connectivity index (χ1n) is 7.26. The van der Waals surface area contributed by atoms with Crippen LogP contribution in [0.2, 0.25) is 0 Å². The average Bonchev–Trinajstić information content (AvgIpc) is 3.20. The Hall–Kier alpha value is -1.53. The smallest absolute Gasteiger partial charge is 0.324 e. The number of imidazole rings is 1. The first kappa shape index (κ1) is 14.4. The molecular weight excluding hydrogens is 286 g/mol. The Morgan fingerprint density at radius 3 is 3.05 bits per heavy atom. The van der Waals surface area contributed by atoms with Gasteiger partial charge in [-0.25, -0.2) is 4.98 Å². The van der Waals surface area contributed by atoms with Gasteiger partial charge in [0.2, 0.25) is 0 Å². The number of para-hydroxylation sites is 2. The molecule has 112 valence electrons. The molecule has 0 radical (unpaired) electrons. The molecule has 1 aliphatic rings. The summed E-state index contributed by atoms with van der Waals surface area (Å²) in [6.45, 7) is 2.25.